The van der Waals surface area contributed by atoms with Gasteiger partial charge in [-0.3, -0.25) is 24.5 Å². The van der Waals surface area contributed by atoms with E-state index in [-0.39, 0.29) is 22.4 Å². The third kappa shape index (κ3) is 3.24. The molecule has 0 aliphatic carbocycles. The highest BCUT2D eigenvalue weighted by Crippen LogP contribution is 2.53. The van der Waals surface area contributed by atoms with E-state index in [0.29, 0.717) is 21.2 Å². The average molecular weight is 518 g/mol. The molecule has 1 N–H and O–H groups in total. The van der Waals surface area contributed by atoms with E-state index in [1.54, 1.807) is 36.4 Å². The molecule has 0 radical (unpaired) electrons. The molecule has 0 bridgehead atoms. The van der Waals surface area contributed by atoms with Crippen LogP contribution in [-0.4, -0.2) is 27.0 Å². The minimum atomic E-state index is -0.776. The lowest BCUT2D eigenvalue weighted by molar-refractivity contribution is -0.384. The average Bonchev–Trinajstić information content (AvgIpc) is 3.24. The second-order valence-corrected chi connectivity index (χ2v) is 10.2. The Hall–Kier alpha value is -2.76. The minimum Gasteiger partial charge on any atom is -0.307 e. The summed E-state index contributed by atoms with van der Waals surface area (Å²) in [5.74, 6) is -2.16. The lowest BCUT2D eigenvalue weighted by Crippen LogP contribution is -2.32. The van der Waals surface area contributed by atoms with Crippen molar-refractivity contribution >= 4 is 62.2 Å². The number of H-pyrrole nitrogens is 1. The van der Waals surface area contributed by atoms with Crippen LogP contribution in [0.1, 0.15) is 16.4 Å². The van der Waals surface area contributed by atoms with Crippen LogP contribution in [0.25, 0.3) is 0 Å². The molecule has 2 aliphatic heterocycles. The number of halogens is 1. The van der Waals surface area contributed by atoms with Gasteiger partial charge in [0, 0.05) is 27.4 Å². The van der Waals surface area contributed by atoms with Gasteiger partial charge >= 0.3 is 4.87 Å². The molecule has 1 aromatic heterocycles. The summed E-state index contributed by atoms with van der Waals surface area (Å²) in [5.41, 5.74) is 0.876. The van der Waals surface area contributed by atoms with Crippen LogP contribution in [-0.2, 0) is 9.59 Å². The summed E-state index contributed by atoms with van der Waals surface area (Å²) < 4.78 is 0.816. The monoisotopic (exact) mass is 517 g/mol. The zero-order chi connectivity index (χ0) is 21.9. The number of nitrogens with one attached hydrogen (secondary N) is 1. The van der Waals surface area contributed by atoms with Gasteiger partial charge in [-0.1, -0.05) is 51.2 Å². The summed E-state index contributed by atoms with van der Waals surface area (Å²) in [6.45, 7) is 0. The van der Waals surface area contributed by atoms with E-state index in [2.05, 4.69) is 20.9 Å². The molecule has 0 spiro atoms. The van der Waals surface area contributed by atoms with Gasteiger partial charge in [0.05, 0.1) is 21.6 Å². The second kappa shape index (κ2) is 7.43. The van der Waals surface area contributed by atoms with Gasteiger partial charge in [0.1, 0.15) is 5.25 Å². The largest absolute Gasteiger partial charge is 0.307 e. The Morgan fingerprint density at radius 1 is 1.06 bits per heavy atom. The number of imide groups is 1. The normalized spacial score (nSPS) is 22.4. The number of carbonyl (C=O) groups is 2. The summed E-state index contributed by atoms with van der Waals surface area (Å²) in [6, 6.07) is 12.9. The highest BCUT2D eigenvalue weighted by Gasteiger charge is 2.56. The maximum absolute atomic E-state index is 13.5. The van der Waals surface area contributed by atoms with Crippen LogP contribution in [0, 0.1) is 16.0 Å². The predicted molar refractivity (Wildman–Crippen MR) is 120 cm³/mol. The van der Waals surface area contributed by atoms with Crippen molar-refractivity contribution in [2.45, 2.75) is 16.2 Å². The number of rotatable bonds is 3. The molecule has 31 heavy (non-hydrogen) atoms. The van der Waals surface area contributed by atoms with E-state index in [0.717, 1.165) is 15.8 Å². The highest BCUT2D eigenvalue weighted by molar-refractivity contribution is 9.10. The Bertz CT molecular complexity index is 1300. The van der Waals surface area contributed by atoms with Crippen LogP contribution >= 0.6 is 39.0 Å². The maximum atomic E-state index is 13.5. The number of benzene rings is 2. The summed E-state index contributed by atoms with van der Waals surface area (Å²) >= 11 is 5.48. The number of hydrogen-bond acceptors (Lipinski definition) is 7. The lowest BCUT2D eigenvalue weighted by Gasteiger charge is -2.29. The van der Waals surface area contributed by atoms with Gasteiger partial charge in [0.25, 0.3) is 5.69 Å². The number of carbonyl (C=O) groups excluding carboxylic acids is 2. The number of non-ortho nitro benzene ring substituents is 1. The molecule has 3 atom stereocenters. The molecule has 3 heterocycles. The Balaban J connectivity index is 1.66. The van der Waals surface area contributed by atoms with Crippen LogP contribution in [0.4, 0.5) is 11.4 Å². The smallest absolute Gasteiger partial charge is 0.305 e. The Morgan fingerprint density at radius 2 is 1.81 bits per heavy atom. The standard InChI is InChI=1S/C20H12BrN3O5S2/c21-10-4-6-11(7-5-10)23-18(25)14-13(9-2-1-3-12(8-9)24(28)29)15-17(22-20(27)31-15)30-16(14)19(23)26/h1-8,13-14,16H,(H,22,27)/t13-,14+,16-/m0/s1. The Labute approximate surface area is 191 Å². The predicted octanol–water partition coefficient (Wildman–Crippen LogP) is 3.90. The quantitative estimate of drug-likeness (QED) is 0.320. The number of nitrogens with zero attached hydrogens (tertiary/aromatic N) is 2. The summed E-state index contributed by atoms with van der Waals surface area (Å²) in [7, 11) is 0. The number of anilines is 1. The van der Waals surface area contributed by atoms with Crippen molar-refractivity contribution in [2.75, 3.05) is 4.90 Å². The van der Waals surface area contributed by atoms with Crippen molar-refractivity contribution in [3.63, 3.8) is 0 Å². The molecule has 0 saturated carbocycles. The van der Waals surface area contributed by atoms with E-state index in [1.807, 2.05) is 0 Å². The van der Waals surface area contributed by atoms with E-state index in [1.165, 1.54) is 28.8 Å². The number of thioether (sulfide) groups is 1. The molecule has 11 heteroatoms. The van der Waals surface area contributed by atoms with E-state index >= 15 is 0 Å². The highest BCUT2D eigenvalue weighted by atomic mass is 79.9. The number of fused-ring (bicyclic) bond motifs is 2. The third-order valence-corrected chi connectivity index (χ3v) is 8.28. The van der Waals surface area contributed by atoms with Crippen LogP contribution < -0.4 is 9.77 Å². The van der Waals surface area contributed by atoms with Gasteiger partial charge in [-0.25, -0.2) is 4.90 Å². The molecule has 156 valence electrons. The van der Waals surface area contributed by atoms with Crippen molar-refractivity contribution in [3.05, 3.63) is 83.2 Å². The molecule has 0 unspecified atom stereocenters. The Kier molecular flexibility index (Phi) is 4.83. The van der Waals surface area contributed by atoms with Crippen LogP contribution in [0.5, 0.6) is 0 Å². The molecule has 3 aromatic rings. The number of nitro groups is 1. The van der Waals surface area contributed by atoms with Crippen LogP contribution in [0.3, 0.4) is 0 Å². The number of amides is 2. The third-order valence-electron chi connectivity index (χ3n) is 5.35. The van der Waals surface area contributed by atoms with E-state index < -0.39 is 22.0 Å². The summed E-state index contributed by atoms with van der Waals surface area (Å²) in [6.07, 6.45) is 0. The molecule has 2 amide bonds. The molecular weight excluding hydrogens is 506 g/mol. The van der Waals surface area contributed by atoms with Crippen molar-refractivity contribution < 1.29 is 14.5 Å². The van der Waals surface area contributed by atoms with Gasteiger partial charge in [-0.05, 0) is 29.8 Å². The second-order valence-electron chi connectivity index (χ2n) is 7.09. The number of thiazole rings is 1. The molecule has 1 fully saturated rings. The first-order chi connectivity index (χ1) is 14.8. The van der Waals surface area contributed by atoms with Crippen LogP contribution in [0.15, 0.2) is 62.8 Å². The SMILES string of the molecule is O=C1[C@@H]2[C@H](c3cccc([N+](=O)[O-])c3)c3sc(=O)[nH]c3S[C@@H]2C(=O)N1c1ccc(Br)cc1. The maximum Gasteiger partial charge on any atom is 0.305 e. The number of aromatic nitrogens is 1. The fraction of sp³-hybridized carbons (Fsp3) is 0.150. The van der Waals surface area contributed by atoms with Crippen LogP contribution in [0.2, 0.25) is 0 Å². The lowest BCUT2D eigenvalue weighted by atomic mass is 9.83. The first kappa shape index (κ1) is 20.2. The Morgan fingerprint density at radius 3 is 2.52 bits per heavy atom. The van der Waals surface area contributed by atoms with Gasteiger partial charge in [-0.15, -0.1) is 0 Å². The van der Waals surface area contributed by atoms with E-state index in [4.69, 9.17) is 0 Å². The molecule has 2 aliphatic rings. The van der Waals surface area contributed by atoms with Crippen molar-refractivity contribution in [1.29, 1.82) is 0 Å². The molecule has 2 aromatic carbocycles. The molecule has 1 saturated heterocycles. The first-order valence-corrected chi connectivity index (χ1v) is 11.6. The minimum absolute atomic E-state index is 0.113. The number of nitro benzene ring substituents is 1. The topological polar surface area (TPSA) is 113 Å². The zero-order valence-electron chi connectivity index (χ0n) is 15.5. The first-order valence-electron chi connectivity index (χ1n) is 9.12. The van der Waals surface area contributed by atoms with Crippen molar-refractivity contribution in [1.82, 2.24) is 4.98 Å². The van der Waals surface area contributed by atoms with E-state index in [9.17, 15) is 24.5 Å². The summed E-state index contributed by atoms with van der Waals surface area (Å²) in [5, 5.41) is 11.1. The fourth-order valence-corrected chi connectivity index (χ4v) is 6.83. The van der Waals surface area contributed by atoms with Gasteiger partial charge in [0.2, 0.25) is 11.8 Å². The number of hydrogen-bond donors (Lipinski definition) is 1. The van der Waals surface area contributed by atoms with Crippen molar-refractivity contribution in [2.24, 2.45) is 5.92 Å². The molecule has 8 nitrogen and oxygen atoms in total. The van der Waals surface area contributed by atoms with Gasteiger partial charge < -0.3 is 4.98 Å². The van der Waals surface area contributed by atoms with Gasteiger partial charge in [-0.2, -0.15) is 0 Å². The molecular formula is C20H12BrN3O5S2. The molecule has 5 rings (SSSR count). The fourth-order valence-electron chi connectivity index (χ4n) is 4.05. The van der Waals surface area contributed by atoms with Gasteiger partial charge in [0.15, 0.2) is 0 Å². The summed E-state index contributed by atoms with van der Waals surface area (Å²) in [4.78, 5) is 53.9. The number of aromatic amines is 1. The van der Waals surface area contributed by atoms with Crippen molar-refractivity contribution in [3.8, 4) is 0 Å². The zero-order valence-corrected chi connectivity index (χ0v) is 18.7.